The molecule has 92 valence electrons. The van der Waals surface area contributed by atoms with Crippen LogP contribution in [0.1, 0.15) is 40.0 Å². The average molecular weight is 247 g/mol. The zero-order valence-corrected chi connectivity index (χ0v) is 11.2. The van der Waals surface area contributed by atoms with Crippen molar-refractivity contribution in [1.29, 1.82) is 0 Å². The maximum atomic E-state index is 11.5. The molecule has 0 aromatic carbocycles. The molecule has 1 atom stereocenters. The lowest BCUT2D eigenvalue weighted by atomic mass is 9.93. The molecule has 0 heterocycles. The van der Waals surface area contributed by atoms with E-state index in [4.69, 9.17) is 9.26 Å². The van der Waals surface area contributed by atoms with Crippen LogP contribution >= 0.6 is 8.69 Å². The van der Waals surface area contributed by atoms with Crippen molar-refractivity contribution in [2.45, 2.75) is 45.6 Å². The Hall–Kier alpha value is -0.730. The third-order valence-electron chi connectivity index (χ3n) is 2.67. The van der Waals surface area contributed by atoms with Crippen molar-refractivity contribution >= 4 is 14.7 Å². The van der Waals surface area contributed by atoms with Crippen molar-refractivity contribution in [2.24, 2.45) is 0 Å². The Labute approximate surface area is 98.3 Å². The van der Waals surface area contributed by atoms with Gasteiger partial charge in [0.05, 0.1) is 0 Å². The monoisotopic (exact) mass is 247 g/mol. The SMILES string of the molecule is C=C(C)C(=O)OC(CC)(CC)CCO[PH+]=O. The van der Waals surface area contributed by atoms with Crippen LogP contribution in [-0.4, -0.2) is 18.2 Å². The van der Waals surface area contributed by atoms with Gasteiger partial charge in [-0.15, -0.1) is 4.52 Å². The van der Waals surface area contributed by atoms with Crippen LogP contribution in [0.25, 0.3) is 0 Å². The molecule has 0 rings (SSSR count). The van der Waals surface area contributed by atoms with E-state index >= 15 is 0 Å². The van der Waals surface area contributed by atoms with E-state index < -0.39 is 14.3 Å². The number of ether oxygens (including phenoxy) is 1. The molecule has 0 aromatic heterocycles. The van der Waals surface area contributed by atoms with Gasteiger partial charge in [-0.1, -0.05) is 20.4 Å². The summed E-state index contributed by atoms with van der Waals surface area (Å²) in [6, 6.07) is 0. The van der Waals surface area contributed by atoms with Crippen LogP contribution in [-0.2, 0) is 18.6 Å². The topological polar surface area (TPSA) is 52.6 Å². The van der Waals surface area contributed by atoms with Gasteiger partial charge >= 0.3 is 14.7 Å². The van der Waals surface area contributed by atoms with Gasteiger partial charge in [-0.2, -0.15) is 0 Å². The first-order chi connectivity index (χ1) is 7.51. The van der Waals surface area contributed by atoms with Gasteiger partial charge in [-0.05, 0) is 24.3 Å². The van der Waals surface area contributed by atoms with Crippen molar-refractivity contribution in [2.75, 3.05) is 6.61 Å². The smallest absolute Gasteiger partial charge is 0.456 e. The molecule has 0 saturated carbocycles. The summed E-state index contributed by atoms with van der Waals surface area (Å²) in [4.78, 5) is 11.5. The third kappa shape index (κ3) is 4.86. The van der Waals surface area contributed by atoms with Crippen molar-refractivity contribution in [3.63, 3.8) is 0 Å². The summed E-state index contributed by atoms with van der Waals surface area (Å²) in [5, 5.41) is 0. The Morgan fingerprint density at radius 1 is 1.38 bits per heavy atom. The van der Waals surface area contributed by atoms with Gasteiger partial charge in [-0.3, -0.25) is 0 Å². The summed E-state index contributed by atoms with van der Waals surface area (Å²) in [7, 11) is -0.770. The molecule has 0 bridgehead atoms. The molecule has 0 radical (unpaired) electrons. The van der Waals surface area contributed by atoms with Crippen LogP contribution in [0.2, 0.25) is 0 Å². The number of hydrogen-bond donors (Lipinski definition) is 0. The van der Waals surface area contributed by atoms with Gasteiger partial charge in [0, 0.05) is 12.0 Å². The van der Waals surface area contributed by atoms with Crippen molar-refractivity contribution in [1.82, 2.24) is 0 Å². The highest BCUT2D eigenvalue weighted by molar-refractivity contribution is 7.17. The summed E-state index contributed by atoms with van der Waals surface area (Å²) in [5.74, 6) is -0.381. The molecule has 16 heavy (non-hydrogen) atoms. The lowest BCUT2D eigenvalue weighted by molar-refractivity contribution is -0.157. The summed E-state index contributed by atoms with van der Waals surface area (Å²) in [6.07, 6.45) is 1.95. The molecular weight excluding hydrogens is 227 g/mol. The van der Waals surface area contributed by atoms with Crippen molar-refractivity contribution in [3.8, 4) is 0 Å². The summed E-state index contributed by atoms with van der Waals surface area (Å²) < 4.78 is 20.4. The molecule has 0 spiro atoms. The Balaban J connectivity index is 4.48. The molecule has 0 saturated heterocycles. The van der Waals surface area contributed by atoms with Gasteiger partial charge in [0.1, 0.15) is 12.2 Å². The Morgan fingerprint density at radius 2 is 1.94 bits per heavy atom. The Kier molecular flexibility index (Phi) is 7.18. The van der Waals surface area contributed by atoms with E-state index in [-0.39, 0.29) is 5.97 Å². The van der Waals surface area contributed by atoms with E-state index in [0.717, 1.165) is 0 Å². The predicted octanol–water partition coefficient (Wildman–Crippen LogP) is 3.01. The van der Waals surface area contributed by atoms with Gasteiger partial charge < -0.3 is 4.74 Å². The highest BCUT2D eigenvalue weighted by atomic mass is 31.1. The molecule has 1 unspecified atom stereocenters. The predicted molar refractivity (Wildman–Crippen MR) is 63.8 cm³/mol. The van der Waals surface area contributed by atoms with E-state index in [1.165, 1.54) is 0 Å². The van der Waals surface area contributed by atoms with Crippen LogP contribution in [0.3, 0.4) is 0 Å². The normalized spacial score (nSPS) is 11.4. The molecule has 0 N–H and O–H groups in total. The number of rotatable bonds is 8. The summed E-state index contributed by atoms with van der Waals surface area (Å²) in [6.45, 7) is 9.40. The van der Waals surface area contributed by atoms with Crippen LogP contribution in [0, 0.1) is 0 Å². The summed E-state index contributed by atoms with van der Waals surface area (Å²) >= 11 is 0. The molecule has 5 heteroatoms. The highest BCUT2D eigenvalue weighted by Crippen LogP contribution is 2.26. The third-order valence-corrected chi connectivity index (χ3v) is 2.99. The summed E-state index contributed by atoms with van der Waals surface area (Å²) in [5.41, 5.74) is -0.145. The quantitative estimate of drug-likeness (QED) is 0.286. The maximum absolute atomic E-state index is 11.5. The molecule has 0 aliphatic rings. The van der Waals surface area contributed by atoms with Gasteiger partial charge in [0.25, 0.3) is 0 Å². The fraction of sp³-hybridized carbons (Fsp3) is 0.727. The number of esters is 1. The minimum Gasteiger partial charge on any atom is -0.456 e. The molecule has 4 nitrogen and oxygen atoms in total. The minimum absolute atomic E-state index is 0.326. The fourth-order valence-corrected chi connectivity index (χ4v) is 1.55. The first kappa shape index (κ1) is 15.3. The van der Waals surface area contributed by atoms with E-state index in [1.54, 1.807) is 6.92 Å². The van der Waals surface area contributed by atoms with E-state index in [2.05, 4.69) is 6.58 Å². The van der Waals surface area contributed by atoms with Crippen molar-refractivity contribution < 1.29 is 18.6 Å². The van der Waals surface area contributed by atoms with Gasteiger partial charge in [-0.25, -0.2) is 4.79 Å². The van der Waals surface area contributed by atoms with Gasteiger partial charge in [0.2, 0.25) is 0 Å². The van der Waals surface area contributed by atoms with Crippen LogP contribution in [0.4, 0.5) is 0 Å². The second-order valence-electron chi connectivity index (χ2n) is 3.74. The lowest BCUT2D eigenvalue weighted by Gasteiger charge is -2.30. The zero-order chi connectivity index (χ0) is 12.6. The first-order valence-corrected chi connectivity index (χ1v) is 6.20. The average Bonchev–Trinajstić information content (AvgIpc) is 2.27. The zero-order valence-electron chi connectivity index (χ0n) is 10.2. The molecule has 0 aliphatic heterocycles. The molecular formula is C11H20O4P+. The van der Waals surface area contributed by atoms with Crippen LogP contribution in [0.15, 0.2) is 12.2 Å². The standard InChI is InChI=1S/C11H20O4P/c1-5-11(6-2,7-8-14-16-13)15-10(12)9(3)4/h16H,3,5-8H2,1-2,4H3/q+1. The highest BCUT2D eigenvalue weighted by Gasteiger charge is 2.31. The second-order valence-corrected chi connectivity index (χ2v) is 4.20. The first-order valence-electron chi connectivity index (χ1n) is 5.39. The lowest BCUT2D eigenvalue weighted by Crippen LogP contribution is -2.35. The Bertz CT molecular complexity index is 259. The van der Waals surface area contributed by atoms with E-state index in [9.17, 15) is 9.36 Å². The number of carbonyl (C=O) groups excluding carboxylic acids is 1. The fourth-order valence-electron chi connectivity index (χ4n) is 1.36. The number of hydrogen-bond acceptors (Lipinski definition) is 4. The minimum atomic E-state index is -0.770. The molecule has 0 aliphatic carbocycles. The van der Waals surface area contributed by atoms with Gasteiger partial charge in [0.15, 0.2) is 0 Å². The van der Waals surface area contributed by atoms with E-state index in [0.29, 0.717) is 31.4 Å². The maximum Gasteiger partial charge on any atom is 0.494 e. The largest absolute Gasteiger partial charge is 0.494 e. The molecule has 0 fully saturated rings. The van der Waals surface area contributed by atoms with Crippen molar-refractivity contribution in [3.05, 3.63) is 12.2 Å². The molecule has 0 amide bonds. The Morgan fingerprint density at radius 3 is 2.31 bits per heavy atom. The van der Waals surface area contributed by atoms with E-state index in [1.807, 2.05) is 13.8 Å². The van der Waals surface area contributed by atoms with Crippen LogP contribution in [0.5, 0.6) is 0 Å². The second kappa shape index (κ2) is 7.53. The van der Waals surface area contributed by atoms with Crippen LogP contribution < -0.4 is 0 Å². The number of carbonyl (C=O) groups is 1. The molecule has 0 aromatic rings.